The van der Waals surface area contributed by atoms with Crippen molar-refractivity contribution in [3.63, 3.8) is 0 Å². The van der Waals surface area contributed by atoms with Gasteiger partial charge < -0.3 is 28.1 Å². The molecule has 0 radical (unpaired) electrons. The Morgan fingerprint density at radius 2 is 0.341 bits per heavy atom. The first-order valence-corrected chi connectivity index (χ1v) is 56.9. The molecule has 2 rings (SSSR count). The van der Waals surface area contributed by atoms with Crippen LogP contribution in [0.15, 0.2) is 94.8 Å². The van der Waals surface area contributed by atoms with Crippen molar-refractivity contribution in [2.45, 2.75) is 551 Å². The van der Waals surface area contributed by atoms with Crippen molar-refractivity contribution < 1.29 is 64.1 Å². The van der Waals surface area contributed by atoms with Gasteiger partial charge >= 0.3 is 61.6 Å². The number of carbonyl (C=O) groups excluding carboxylic acids is 4. The summed E-state index contributed by atoms with van der Waals surface area (Å²) in [5, 5.41) is 0. The Morgan fingerprint density at radius 1 is 0.209 bits per heavy atom. The van der Waals surface area contributed by atoms with Gasteiger partial charge in [0.1, 0.15) is 20.2 Å². The molecule has 0 bridgehead atoms. The Balaban J connectivity index is 0.00000252. The number of ether oxygens (including phenoxy) is 4. The Labute approximate surface area is 824 Å². The van der Waals surface area contributed by atoms with Crippen molar-refractivity contribution in [1.29, 1.82) is 0 Å². The summed E-state index contributed by atoms with van der Waals surface area (Å²) < 4.78 is 91.9. The van der Waals surface area contributed by atoms with Crippen molar-refractivity contribution in [2.75, 3.05) is 26.4 Å². The summed E-state index contributed by atoms with van der Waals surface area (Å²) >= 11 is 0. The maximum atomic E-state index is 13.0. The number of rotatable bonds is 94. The summed E-state index contributed by atoms with van der Waals surface area (Å²) in [5.41, 5.74) is -0.767. The second kappa shape index (κ2) is 96.1. The number of hydrogen-bond donors (Lipinski definition) is 0. The normalized spacial score (nSPS) is 11.8. The Hall–Kier alpha value is -3.64. The molecule has 740 valence electrons. The molecule has 0 saturated carbocycles. The monoisotopic (exact) mass is 1870 g/mol. The minimum Gasteiger partial charge on any atom is -0.744 e. The molecule has 0 aliphatic heterocycles. The smallest absolute Gasteiger partial charge is 0.744 e. The van der Waals surface area contributed by atoms with E-state index < -0.39 is 53.9 Å². The molecule has 2 aromatic carbocycles. The SMILES string of the molecule is CCCCCCCCCCCCCCCCCCC/C=C/CCCOC(=O)c1ccc(S(=O)(=O)[O-])cc1C(=O)OCCC/C=C/CCCCCCCCCCCCCCCCCCC.CCCCCCCCCCCCCCCCCCC/C=C/CCCOC(=O)c1ccc(S(=O)(=O)[O-])cc1C(=O)OCCC/C=C/CCCCCCCCCCCCCCCCCCC.[Ca+2]. The van der Waals surface area contributed by atoms with E-state index in [4.69, 9.17) is 18.9 Å². The molecule has 129 heavy (non-hydrogen) atoms. The second-order valence-electron chi connectivity index (χ2n) is 37.1. The number of carbonyl (C=O) groups is 4. The summed E-state index contributed by atoms with van der Waals surface area (Å²) in [4.78, 5) is 50.7. The van der Waals surface area contributed by atoms with Crippen LogP contribution < -0.4 is 0 Å². The predicted molar refractivity (Wildman–Crippen MR) is 544 cm³/mol. The van der Waals surface area contributed by atoms with Crippen LogP contribution in [-0.2, 0) is 39.2 Å². The van der Waals surface area contributed by atoms with Gasteiger partial charge in [-0.2, -0.15) is 0 Å². The zero-order valence-electron chi connectivity index (χ0n) is 83.7. The Bertz CT molecular complexity index is 3020. The Kier molecular flexibility index (Phi) is 93.3. The fraction of sp³-hybridized carbons (Fsp3) is 0.786. The molecule has 14 nitrogen and oxygen atoms in total. The molecule has 0 aliphatic rings. The van der Waals surface area contributed by atoms with Gasteiger partial charge in [0, 0.05) is 0 Å². The molecule has 0 fully saturated rings. The standard InChI is InChI=1S/2C56H98O7S.Ca/c2*1-3-5-7-9-11-13-15-17-19-21-23-25-27-29-31-33-35-37-39-41-43-45-49-62-55(57)53-48-47-52(64(59,60)61)51-54(53)56(58)63-50-46-44-42-40-38-36-34-32-30-28-26-24-22-20-18-16-14-12-10-8-6-4-2;/h2*39-42,47-48,51H,3-38,43-46,49-50H2,1-2H3,(H,59,60,61);/q;;+2/p-2/b2*41-39+,42-40+;. The van der Waals surface area contributed by atoms with Crippen molar-refractivity contribution in [3.8, 4) is 0 Å². The third-order valence-corrected chi connectivity index (χ3v) is 26.7. The zero-order chi connectivity index (χ0) is 92.9. The van der Waals surface area contributed by atoms with Gasteiger partial charge in [-0.15, -0.1) is 0 Å². The molecule has 0 amide bonds. The minimum atomic E-state index is -4.83. The van der Waals surface area contributed by atoms with Crippen molar-refractivity contribution in [1.82, 2.24) is 0 Å². The van der Waals surface area contributed by atoms with Gasteiger partial charge in [0.15, 0.2) is 0 Å². The molecule has 0 saturated heterocycles. The first-order chi connectivity index (χ1) is 62.6. The molecule has 0 heterocycles. The van der Waals surface area contributed by atoms with Crippen molar-refractivity contribution >= 4 is 81.9 Å². The fourth-order valence-corrected chi connectivity index (χ4v) is 17.7. The summed E-state index contributed by atoms with van der Waals surface area (Å²) in [5.74, 6) is -3.20. The van der Waals surface area contributed by atoms with Crippen LogP contribution in [0.1, 0.15) is 583 Å². The van der Waals surface area contributed by atoms with Gasteiger partial charge in [-0.3, -0.25) is 0 Å². The molecular weight excluding hydrogens is 1670 g/mol. The van der Waals surface area contributed by atoms with Crippen LogP contribution in [0.5, 0.6) is 0 Å². The molecule has 2 aromatic rings. The maximum Gasteiger partial charge on any atom is 2.00 e. The number of unbranched alkanes of at least 4 members (excludes halogenated alkanes) is 72. The van der Waals surface area contributed by atoms with E-state index in [-0.39, 0.29) is 86.4 Å². The zero-order valence-corrected chi connectivity index (χ0v) is 87.6. The molecule has 0 aliphatic carbocycles. The average molecular weight is 1870 g/mol. The Morgan fingerprint density at radius 3 is 0.488 bits per heavy atom. The van der Waals surface area contributed by atoms with Crippen molar-refractivity contribution in [3.05, 3.63) is 107 Å². The fourth-order valence-electron chi connectivity index (χ4n) is 16.7. The van der Waals surface area contributed by atoms with Gasteiger partial charge in [-0.05, 0) is 139 Å². The molecule has 0 atom stereocenters. The molecule has 0 aromatic heterocycles. The van der Waals surface area contributed by atoms with E-state index >= 15 is 0 Å². The van der Waals surface area contributed by atoms with Crippen LogP contribution in [-0.4, -0.2) is 114 Å². The van der Waals surface area contributed by atoms with E-state index in [9.17, 15) is 45.1 Å². The maximum absolute atomic E-state index is 13.0. The first kappa shape index (κ1) is 125. The minimum absolute atomic E-state index is 0. The topological polar surface area (TPSA) is 220 Å². The molecule has 0 spiro atoms. The summed E-state index contributed by atoms with van der Waals surface area (Å²) in [6.07, 6.45) is 120. The van der Waals surface area contributed by atoms with E-state index in [2.05, 4.69) is 76.3 Å². The van der Waals surface area contributed by atoms with E-state index in [0.29, 0.717) is 25.7 Å². The molecule has 17 heteroatoms. The predicted octanol–water partition coefficient (Wildman–Crippen LogP) is 34.9. The summed E-state index contributed by atoms with van der Waals surface area (Å²) in [6.45, 7) is 9.64. The largest absolute Gasteiger partial charge is 2.00 e. The number of esters is 4. The van der Waals surface area contributed by atoms with Gasteiger partial charge in [0.2, 0.25) is 0 Å². The van der Waals surface area contributed by atoms with E-state index in [0.717, 1.165) is 87.8 Å². The summed E-state index contributed by atoms with van der Waals surface area (Å²) in [6, 6.07) is 6.21. The van der Waals surface area contributed by atoms with Crippen molar-refractivity contribution in [2.24, 2.45) is 0 Å². The quantitative estimate of drug-likeness (QED) is 0.0150. The second-order valence-corrected chi connectivity index (χ2v) is 39.9. The number of hydrogen-bond acceptors (Lipinski definition) is 14. The average Bonchev–Trinajstić information content (AvgIpc) is 0.812. The third kappa shape index (κ3) is 82.4. The number of benzene rings is 2. The van der Waals surface area contributed by atoms with Crippen LogP contribution in [0.25, 0.3) is 0 Å². The van der Waals surface area contributed by atoms with E-state index in [1.807, 2.05) is 0 Å². The third-order valence-electron chi connectivity index (χ3n) is 25.0. The molecular formula is C112H194CaO14S2. The van der Waals surface area contributed by atoms with E-state index in [1.165, 1.54) is 437 Å². The van der Waals surface area contributed by atoms with Crippen LogP contribution in [0.2, 0.25) is 0 Å². The van der Waals surface area contributed by atoms with Crippen LogP contribution in [0.3, 0.4) is 0 Å². The first-order valence-electron chi connectivity index (χ1n) is 54.1. The molecule has 0 N–H and O–H groups in total. The summed E-state index contributed by atoms with van der Waals surface area (Å²) in [7, 11) is -9.67. The van der Waals surface area contributed by atoms with Gasteiger partial charge in [0.25, 0.3) is 0 Å². The molecule has 0 unspecified atom stereocenters. The van der Waals surface area contributed by atoms with E-state index in [1.54, 1.807) is 0 Å². The van der Waals surface area contributed by atoms with Crippen LogP contribution >= 0.6 is 0 Å². The van der Waals surface area contributed by atoms with Gasteiger partial charge in [-0.1, -0.05) is 487 Å². The van der Waals surface area contributed by atoms with Crippen LogP contribution in [0.4, 0.5) is 0 Å². The van der Waals surface area contributed by atoms with Gasteiger partial charge in [0.05, 0.1) is 58.5 Å². The van der Waals surface area contributed by atoms with Crippen LogP contribution in [0, 0.1) is 0 Å². The number of allylic oxidation sites excluding steroid dienone is 8. The van der Waals surface area contributed by atoms with Gasteiger partial charge in [-0.25, -0.2) is 36.0 Å².